The van der Waals surface area contributed by atoms with E-state index in [1.165, 1.54) is 5.56 Å². The molecule has 1 aliphatic carbocycles. The van der Waals surface area contributed by atoms with Gasteiger partial charge in [-0.1, -0.05) is 6.07 Å². The Hall–Kier alpha value is -2.32. The number of morpholine rings is 1. The number of hydrogen-bond acceptors (Lipinski definition) is 5. The van der Waals surface area contributed by atoms with Crippen molar-refractivity contribution in [2.24, 2.45) is 0 Å². The zero-order valence-electron chi connectivity index (χ0n) is 16.5. The lowest BCUT2D eigenvalue weighted by atomic mass is 9.87. The number of likely N-dealkylation sites (N-methyl/N-ethyl adjacent to an activating group) is 1. The van der Waals surface area contributed by atoms with Gasteiger partial charge in [-0.05, 0) is 49.6 Å². The van der Waals surface area contributed by atoms with E-state index in [1.807, 2.05) is 12.1 Å². The van der Waals surface area contributed by atoms with Crippen LogP contribution in [0, 0.1) is 0 Å². The van der Waals surface area contributed by atoms with Gasteiger partial charge in [0.05, 0.1) is 32.4 Å². The molecule has 0 aromatic heterocycles. The lowest BCUT2D eigenvalue weighted by molar-refractivity contribution is -0.138. The Labute approximate surface area is 165 Å². The summed E-state index contributed by atoms with van der Waals surface area (Å²) in [6, 6.07) is 5.94. The Morgan fingerprint density at radius 1 is 1.43 bits per heavy atom. The second kappa shape index (κ2) is 9.25. The predicted octanol–water partition coefficient (Wildman–Crippen LogP) is 1.50. The van der Waals surface area contributed by atoms with Crippen LogP contribution >= 0.6 is 0 Å². The molecule has 8 heteroatoms. The molecule has 2 amide bonds. The minimum atomic E-state index is -0.875. The maximum absolute atomic E-state index is 12.8. The molecule has 1 aliphatic heterocycles. The van der Waals surface area contributed by atoms with Gasteiger partial charge < -0.3 is 24.8 Å². The van der Waals surface area contributed by atoms with Gasteiger partial charge in [0, 0.05) is 19.6 Å². The number of hydrogen-bond donors (Lipinski definition) is 2. The van der Waals surface area contributed by atoms with Crippen LogP contribution in [0.1, 0.15) is 30.0 Å². The molecule has 2 N–H and O–H groups in total. The van der Waals surface area contributed by atoms with Crippen LogP contribution in [0.5, 0.6) is 5.75 Å². The smallest absolute Gasteiger partial charge is 0.318 e. The molecule has 2 aliphatic rings. The minimum Gasteiger partial charge on any atom is -0.497 e. The van der Waals surface area contributed by atoms with E-state index in [0.29, 0.717) is 26.2 Å². The van der Waals surface area contributed by atoms with Crippen LogP contribution in [0.15, 0.2) is 18.2 Å². The SMILES string of the molecule is COc1ccc2c(c1)CCCC2NC(=O)N1CCOC(CN(C)CC(=O)O)C1. The number of aryl methyl sites for hydroxylation is 1. The summed E-state index contributed by atoms with van der Waals surface area (Å²) in [4.78, 5) is 27.1. The normalized spacial score (nSPS) is 21.9. The largest absolute Gasteiger partial charge is 0.497 e. The van der Waals surface area contributed by atoms with E-state index in [9.17, 15) is 9.59 Å². The molecule has 3 rings (SSSR count). The van der Waals surface area contributed by atoms with Crippen molar-refractivity contribution in [2.75, 3.05) is 46.9 Å². The van der Waals surface area contributed by atoms with Gasteiger partial charge in [-0.25, -0.2) is 4.79 Å². The van der Waals surface area contributed by atoms with Crippen LogP contribution < -0.4 is 10.1 Å². The van der Waals surface area contributed by atoms with Crippen LogP contribution in [0.3, 0.4) is 0 Å². The first-order valence-electron chi connectivity index (χ1n) is 9.70. The van der Waals surface area contributed by atoms with Crippen molar-refractivity contribution in [1.29, 1.82) is 0 Å². The number of nitrogens with one attached hydrogen (secondary N) is 1. The summed E-state index contributed by atoms with van der Waals surface area (Å²) in [6.07, 6.45) is 2.75. The molecule has 154 valence electrons. The number of carboxylic acid groups (broad SMARTS) is 1. The maximum Gasteiger partial charge on any atom is 0.318 e. The van der Waals surface area contributed by atoms with Crippen LogP contribution in [0.4, 0.5) is 4.79 Å². The van der Waals surface area contributed by atoms with Crippen LogP contribution in [0.2, 0.25) is 0 Å². The first-order valence-corrected chi connectivity index (χ1v) is 9.70. The number of benzene rings is 1. The highest BCUT2D eigenvalue weighted by molar-refractivity contribution is 5.75. The molecular formula is C20H29N3O5. The van der Waals surface area contributed by atoms with E-state index in [2.05, 4.69) is 11.4 Å². The number of carboxylic acids is 1. The van der Waals surface area contributed by atoms with Crippen molar-refractivity contribution in [3.05, 3.63) is 29.3 Å². The van der Waals surface area contributed by atoms with Gasteiger partial charge in [0.25, 0.3) is 0 Å². The van der Waals surface area contributed by atoms with E-state index in [0.717, 1.165) is 30.6 Å². The minimum absolute atomic E-state index is 0.00173. The fourth-order valence-electron chi connectivity index (χ4n) is 3.97. The van der Waals surface area contributed by atoms with E-state index in [-0.39, 0.29) is 24.7 Å². The first-order chi connectivity index (χ1) is 13.5. The van der Waals surface area contributed by atoms with Gasteiger partial charge in [-0.2, -0.15) is 0 Å². The number of rotatable bonds is 6. The van der Waals surface area contributed by atoms with Gasteiger partial charge in [0.1, 0.15) is 5.75 Å². The van der Waals surface area contributed by atoms with E-state index in [1.54, 1.807) is 24.0 Å². The molecule has 28 heavy (non-hydrogen) atoms. The summed E-state index contributed by atoms with van der Waals surface area (Å²) in [7, 11) is 3.40. The predicted molar refractivity (Wildman–Crippen MR) is 104 cm³/mol. The Kier molecular flexibility index (Phi) is 6.74. The monoisotopic (exact) mass is 391 g/mol. The van der Waals surface area contributed by atoms with Gasteiger partial charge >= 0.3 is 12.0 Å². The molecule has 2 unspecified atom stereocenters. The Balaban J connectivity index is 1.58. The number of nitrogens with zero attached hydrogens (tertiary/aromatic N) is 2. The highest BCUT2D eigenvalue weighted by Crippen LogP contribution is 2.32. The zero-order valence-corrected chi connectivity index (χ0v) is 16.5. The molecule has 0 spiro atoms. The number of aliphatic carboxylic acids is 1. The highest BCUT2D eigenvalue weighted by atomic mass is 16.5. The molecule has 1 aromatic carbocycles. The fourth-order valence-corrected chi connectivity index (χ4v) is 3.97. The van der Waals surface area contributed by atoms with E-state index in [4.69, 9.17) is 14.6 Å². The topological polar surface area (TPSA) is 91.3 Å². The average molecular weight is 391 g/mol. The van der Waals surface area contributed by atoms with Crippen molar-refractivity contribution < 1.29 is 24.2 Å². The standard InChI is InChI=1S/C20H29N3O5/c1-22(13-19(24)25)11-16-12-23(8-9-28-16)20(26)21-18-5-3-4-14-10-15(27-2)6-7-17(14)18/h6-7,10,16,18H,3-5,8-9,11-13H2,1-2H3,(H,21,26)(H,24,25). The van der Waals surface area contributed by atoms with Gasteiger partial charge in [0.15, 0.2) is 0 Å². The van der Waals surface area contributed by atoms with Crippen LogP contribution in [-0.4, -0.2) is 80.0 Å². The molecule has 0 saturated carbocycles. The molecule has 0 radical (unpaired) electrons. The number of amides is 2. The molecule has 1 saturated heterocycles. The lowest BCUT2D eigenvalue weighted by Gasteiger charge is -2.36. The third-order valence-corrected chi connectivity index (χ3v) is 5.31. The van der Waals surface area contributed by atoms with Gasteiger partial charge in [-0.3, -0.25) is 9.69 Å². The molecule has 1 fully saturated rings. The molecule has 0 bridgehead atoms. The summed E-state index contributed by atoms with van der Waals surface area (Å²) in [5.74, 6) is -0.0345. The molecule has 1 aromatic rings. The van der Waals surface area contributed by atoms with Gasteiger partial charge in [0.2, 0.25) is 0 Å². The average Bonchev–Trinajstić information content (AvgIpc) is 2.67. The van der Waals surface area contributed by atoms with Crippen molar-refractivity contribution in [1.82, 2.24) is 15.1 Å². The second-order valence-electron chi connectivity index (χ2n) is 7.49. The maximum atomic E-state index is 12.8. The number of ether oxygens (including phenoxy) is 2. The summed E-state index contributed by atoms with van der Waals surface area (Å²) in [5.41, 5.74) is 2.39. The number of urea groups is 1. The summed E-state index contributed by atoms with van der Waals surface area (Å²) < 4.78 is 11.0. The van der Waals surface area contributed by atoms with E-state index < -0.39 is 5.97 Å². The van der Waals surface area contributed by atoms with Crippen LogP contribution in [-0.2, 0) is 16.0 Å². The number of carbonyl (C=O) groups excluding carboxylic acids is 1. The third-order valence-electron chi connectivity index (χ3n) is 5.31. The summed E-state index contributed by atoms with van der Waals surface area (Å²) in [5, 5.41) is 12.1. The third kappa shape index (κ3) is 5.14. The lowest BCUT2D eigenvalue weighted by Crippen LogP contribution is -2.53. The van der Waals surface area contributed by atoms with Crippen molar-refractivity contribution in [3.8, 4) is 5.75 Å². The number of methoxy groups -OCH3 is 1. The first kappa shape index (κ1) is 20.4. The molecule has 2 atom stereocenters. The zero-order chi connectivity index (χ0) is 20.1. The van der Waals surface area contributed by atoms with Crippen molar-refractivity contribution in [3.63, 3.8) is 0 Å². The van der Waals surface area contributed by atoms with Crippen LogP contribution in [0.25, 0.3) is 0 Å². The highest BCUT2D eigenvalue weighted by Gasteiger charge is 2.28. The quantitative estimate of drug-likeness (QED) is 0.764. The van der Waals surface area contributed by atoms with Crippen molar-refractivity contribution in [2.45, 2.75) is 31.4 Å². The van der Waals surface area contributed by atoms with Crippen molar-refractivity contribution >= 4 is 12.0 Å². The summed E-state index contributed by atoms with van der Waals surface area (Å²) in [6.45, 7) is 1.87. The molecular weight excluding hydrogens is 362 g/mol. The summed E-state index contributed by atoms with van der Waals surface area (Å²) >= 11 is 0. The van der Waals surface area contributed by atoms with E-state index >= 15 is 0 Å². The fraction of sp³-hybridized carbons (Fsp3) is 0.600. The Morgan fingerprint density at radius 3 is 3.00 bits per heavy atom. The Morgan fingerprint density at radius 2 is 2.25 bits per heavy atom. The molecule has 8 nitrogen and oxygen atoms in total. The number of fused-ring (bicyclic) bond motifs is 1. The van der Waals surface area contributed by atoms with Gasteiger partial charge in [-0.15, -0.1) is 0 Å². The Bertz CT molecular complexity index is 711. The molecule has 1 heterocycles. The number of carbonyl (C=O) groups is 2. The second-order valence-corrected chi connectivity index (χ2v) is 7.49.